The molecule has 3 rings (SSSR count). The fourth-order valence-corrected chi connectivity index (χ4v) is 4.85. The van der Waals surface area contributed by atoms with Crippen LogP contribution < -0.4 is 14.8 Å². The van der Waals surface area contributed by atoms with Gasteiger partial charge in [-0.05, 0) is 37.0 Å². The van der Waals surface area contributed by atoms with Gasteiger partial charge in [-0.1, -0.05) is 12.5 Å². The topological polar surface area (TPSA) is 103 Å². The number of nitrogens with one attached hydrogen (secondary N) is 1. The van der Waals surface area contributed by atoms with Gasteiger partial charge in [0, 0.05) is 25.8 Å². The molecular weight excluding hydrogens is 408 g/mol. The fraction of sp³-hybridized carbons (Fsp3) is 0.500. The molecule has 0 unspecified atom stereocenters. The summed E-state index contributed by atoms with van der Waals surface area (Å²) < 4.78 is 38.7. The number of carbonyl (C=O) groups is 1. The highest BCUT2D eigenvalue weighted by Crippen LogP contribution is 2.27. The summed E-state index contributed by atoms with van der Waals surface area (Å²) in [5.41, 5.74) is 1.01. The van der Waals surface area contributed by atoms with Gasteiger partial charge >= 0.3 is 0 Å². The Kier molecular flexibility index (Phi) is 7.33. The lowest BCUT2D eigenvalue weighted by Crippen LogP contribution is -2.35. The molecule has 2 aromatic rings. The van der Waals surface area contributed by atoms with Crippen LogP contribution in [-0.2, 0) is 27.8 Å². The second-order valence-corrected chi connectivity index (χ2v) is 9.02. The van der Waals surface area contributed by atoms with Crippen LogP contribution in [0.15, 0.2) is 35.7 Å². The summed E-state index contributed by atoms with van der Waals surface area (Å²) in [5.74, 6) is 1.08. The molecule has 2 heterocycles. The van der Waals surface area contributed by atoms with Gasteiger partial charge in [0.2, 0.25) is 5.91 Å². The van der Waals surface area contributed by atoms with E-state index in [-0.39, 0.29) is 17.5 Å². The molecular formula is C20H28N4O5S. The molecule has 164 valence electrons. The van der Waals surface area contributed by atoms with Crippen LogP contribution >= 0.6 is 0 Å². The highest BCUT2D eigenvalue weighted by molar-refractivity contribution is 7.89. The summed E-state index contributed by atoms with van der Waals surface area (Å²) >= 11 is 0. The standard InChI is InChI=1S/C20H28N4O5S/c1-28-17-7-6-16(12-18(17)29-2)8-9-21-19(25)13-23-14-20(22-15-23)30(26,27)24-10-4-3-5-11-24/h6-7,12,14-15H,3-5,8-11,13H2,1-2H3,(H,21,25). The van der Waals surface area contributed by atoms with Gasteiger partial charge in [0.15, 0.2) is 16.5 Å². The van der Waals surface area contributed by atoms with Crippen molar-refractivity contribution in [3.05, 3.63) is 36.3 Å². The van der Waals surface area contributed by atoms with Gasteiger partial charge in [-0.25, -0.2) is 13.4 Å². The minimum absolute atomic E-state index is 0.00839. The van der Waals surface area contributed by atoms with Gasteiger partial charge in [0.1, 0.15) is 6.54 Å². The Labute approximate surface area is 177 Å². The van der Waals surface area contributed by atoms with Crippen molar-refractivity contribution in [3.63, 3.8) is 0 Å². The maximum Gasteiger partial charge on any atom is 0.262 e. The van der Waals surface area contributed by atoms with Crippen LogP contribution in [0.4, 0.5) is 0 Å². The average Bonchev–Trinajstić information content (AvgIpc) is 3.23. The first-order valence-corrected chi connectivity index (χ1v) is 11.4. The molecule has 1 fully saturated rings. The van der Waals surface area contributed by atoms with Crippen molar-refractivity contribution < 1.29 is 22.7 Å². The largest absolute Gasteiger partial charge is 0.493 e. The maximum absolute atomic E-state index is 12.6. The first kappa shape index (κ1) is 22.1. The number of sulfonamides is 1. The third-order valence-electron chi connectivity index (χ3n) is 5.04. The third-order valence-corrected chi connectivity index (χ3v) is 6.82. The number of carbonyl (C=O) groups excluding carboxylic acids is 1. The van der Waals surface area contributed by atoms with E-state index in [0.717, 1.165) is 24.8 Å². The molecule has 10 heteroatoms. The minimum atomic E-state index is -3.59. The maximum atomic E-state index is 12.6. The first-order chi connectivity index (χ1) is 14.4. The summed E-state index contributed by atoms with van der Waals surface area (Å²) in [7, 11) is -0.437. The summed E-state index contributed by atoms with van der Waals surface area (Å²) in [5, 5.41) is 2.83. The Balaban J connectivity index is 1.51. The van der Waals surface area contributed by atoms with Crippen molar-refractivity contribution in [2.45, 2.75) is 37.3 Å². The summed E-state index contributed by atoms with van der Waals surface area (Å²) in [6.45, 7) is 1.49. The molecule has 1 amide bonds. The van der Waals surface area contributed by atoms with Crippen molar-refractivity contribution in [3.8, 4) is 11.5 Å². The molecule has 1 saturated heterocycles. The Morgan fingerprint density at radius 3 is 2.57 bits per heavy atom. The number of ether oxygens (including phenoxy) is 2. The van der Waals surface area contributed by atoms with Gasteiger partial charge in [-0.3, -0.25) is 4.79 Å². The molecule has 0 saturated carbocycles. The zero-order valence-electron chi connectivity index (χ0n) is 17.3. The normalized spacial score (nSPS) is 15.0. The van der Waals surface area contributed by atoms with Gasteiger partial charge in [-0.15, -0.1) is 0 Å². The number of benzene rings is 1. The number of amides is 1. The lowest BCUT2D eigenvalue weighted by molar-refractivity contribution is -0.121. The van der Waals surface area contributed by atoms with Crippen LogP contribution in [0.5, 0.6) is 11.5 Å². The summed E-state index contributed by atoms with van der Waals surface area (Å²) in [6, 6.07) is 5.62. The van der Waals surface area contributed by atoms with E-state index in [2.05, 4.69) is 10.3 Å². The monoisotopic (exact) mass is 436 g/mol. The number of nitrogens with zero attached hydrogens (tertiary/aromatic N) is 3. The van der Waals surface area contributed by atoms with E-state index in [9.17, 15) is 13.2 Å². The minimum Gasteiger partial charge on any atom is -0.493 e. The SMILES string of the molecule is COc1ccc(CCNC(=O)Cn2cnc(S(=O)(=O)N3CCCCC3)c2)cc1OC. The molecule has 1 aliphatic rings. The Morgan fingerprint density at radius 2 is 1.87 bits per heavy atom. The van der Waals surface area contributed by atoms with E-state index in [1.54, 1.807) is 14.2 Å². The van der Waals surface area contributed by atoms with Crippen molar-refractivity contribution >= 4 is 15.9 Å². The van der Waals surface area contributed by atoms with Crippen LogP contribution in [-0.4, -0.2) is 62.0 Å². The lowest BCUT2D eigenvalue weighted by Gasteiger charge is -2.24. The molecule has 0 aliphatic carbocycles. The molecule has 1 aromatic carbocycles. The van der Waals surface area contributed by atoms with Gasteiger partial charge < -0.3 is 19.4 Å². The Bertz CT molecular complexity index is 967. The predicted molar refractivity (Wildman–Crippen MR) is 111 cm³/mol. The second kappa shape index (κ2) is 9.94. The first-order valence-electron chi connectivity index (χ1n) is 9.93. The molecule has 1 aromatic heterocycles. The smallest absolute Gasteiger partial charge is 0.262 e. The summed E-state index contributed by atoms with van der Waals surface area (Å²) in [6.07, 6.45) is 6.20. The molecule has 0 bridgehead atoms. The number of piperidine rings is 1. The van der Waals surface area contributed by atoms with Gasteiger partial charge in [0.25, 0.3) is 10.0 Å². The summed E-state index contributed by atoms with van der Waals surface area (Å²) in [4.78, 5) is 16.2. The number of hydrogen-bond acceptors (Lipinski definition) is 6. The van der Waals surface area contributed by atoms with Crippen LogP contribution in [0.1, 0.15) is 24.8 Å². The molecule has 1 aliphatic heterocycles. The fourth-order valence-electron chi connectivity index (χ4n) is 3.40. The number of hydrogen-bond donors (Lipinski definition) is 1. The molecule has 9 nitrogen and oxygen atoms in total. The van der Waals surface area contributed by atoms with Crippen LogP contribution in [0.3, 0.4) is 0 Å². The highest BCUT2D eigenvalue weighted by atomic mass is 32.2. The van der Waals surface area contributed by atoms with E-state index >= 15 is 0 Å². The predicted octanol–water partition coefficient (Wildman–Crippen LogP) is 1.43. The second-order valence-electron chi connectivity index (χ2n) is 7.14. The Morgan fingerprint density at radius 1 is 1.13 bits per heavy atom. The molecule has 30 heavy (non-hydrogen) atoms. The average molecular weight is 437 g/mol. The van der Waals surface area contributed by atoms with Crippen molar-refractivity contribution in [2.75, 3.05) is 33.9 Å². The third kappa shape index (κ3) is 5.31. The van der Waals surface area contributed by atoms with E-state index in [4.69, 9.17) is 9.47 Å². The quantitative estimate of drug-likeness (QED) is 0.638. The lowest BCUT2D eigenvalue weighted by atomic mass is 10.1. The van der Waals surface area contributed by atoms with Crippen molar-refractivity contribution in [1.82, 2.24) is 19.2 Å². The molecule has 0 atom stereocenters. The van der Waals surface area contributed by atoms with Crippen LogP contribution in [0.2, 0.25) is 0 Å². The van der Waals surface area contributed by atoms with Gasteiger partial charge in [0.05, 0.1) is 20.5 Å². The number of methoxy groups -OCH3 is 2. The van der Waals surface area contributed by atoms with E-state index in [1.807, 2.05) is 18.2 Å². The van der Waals surface area contributed by atoms with Crippen LogP contribution in [0.25, 0.3) is 0 Å². The van der Waals surface area contributed by atoms with E-state index in [1.165, 1.54) is 21.4 Å². The number of aromatic nitrogens is 2. The zero-order valence-corrected chi connectivity index (χ0v) is 18.2. The van der Waals surface area contributed by atoms with Crippen molar-refractivity contribution in [2.24, 2.45) is 0 Å². The van der Waals surface area contributed by atoms with E-state index < -0.39 is 10.0 Å². The Hall–Kier alpha value is -2.59. The number of imidazole rings is 1. The molecule has 0 spiro atoms. The molecule has 1 N–H and O–H groups in total. The van der Waals surface area contributed by atoms with Crippen LogP contribution in [0, 0.1) is 0 Å². The molecule has 0 radical (unpaired) electrons. The van der Waals surface area contributed by atoms with Gasteiger partial charge in [-0.2, -0.15) is 4.31 Å². The highest BCUT2D eigenvalue weighted by Gasteiger charge is 2.28. The number of rotatable bonds is 9. The zero-order chi connectivity index (χ0) is 21.6. The van der Waals surface area contributed by atoms with E-state index in [0.29, 0.717) is 37.6 Å². The van der Waals surface area contributed by atoms with Crippen molar-refractivity contribution in [1.29, 1.82) is 0 Å².